The van der Waals surface area contributed by atoms with Gasteiger partial charge in [-0.2, -0.15) is 5.10 Å². The molecule has 0 saturated carbocycles. The lowest BCUT2D eigenvalue weighted by molar-refractivity contribution is 0.0964. The lowest BCUT2D eigenvalue weighted by Crippen LogP contribution is -2.13. The molecule has 6 heteroatoms. The van der Waals surface area contributed by atoms with Crippen LogP contribution >= 0.6 is 0 Å². The second-order valence-corrected chi connectivity index (χ2v) is 5.96. The normalized spacial score (nSPS) is 12.6. The van der Waals surface area contributed by atoms with E-state index in [9.17, 15) is 9.59 Å². The van der Waals surface area contributed by atoms with Gasteiger partial charge < -0.3 is 10.6 Å². The van der Waals surface area contributed by atoms with Crippen LogP contribution in [0.4, 0.5) is 5.69 Å². The van der Waals surface area contributed by atoms with Crippen LogP contribution in [-0.2, 0) is 13.6 Å². The van der Waals surface area contributed by atoms with Crippen molar-refractivity contribution in [2.45, 2.75) is 6.54 Å². The Hall–Kier alpha value is -3.41. The number of fused-ring (bicyclic) bond motifs is 1. The second kappa shape index (κ2) is 5.90. The first-order chi connectivity index (χ1) is 12.1. The first-order valence-corrected chi connectivity index (χ1v) is 7.93. The van der Waals surface area contributed by atoms with Gasteiger partial charge in [0.25, 0.3) is 11.8 Å². The zero-order valence-electron chi connectivity index (χ0n) is 13.6. The van der Waals surface area contributed by atoms with Gasteiger partial charge >= 0.3 is 0 Å². The van der Waals surface area contributed by atoms with Crippen molar-refractivity contribution in [3.05, 3.63) is 71.5 Å². The van der Waals surface area contributed by atoms with Crippen LogP contribution in [0.3, 0.4) is 0 Å². The van der Waals surface area contributed by atoms with E-state index in [1.54, 1.807) is 24.0 Å². The Morgan fingerprint density at radius 3 is 2.80 bits per heavy atom. The van der Waals surface area contributed by atoms with E-state index in [2.05, 4.69) is 15.7 Å². The molecule has 4 rings (SSSR count). The summed E-state index contributed by atoms with van der Waals surface area (Å²) >= 11 is 0. The first kappa shape index (κ1) is 15.1. The minimum Gasteiger partial charge on any atom is -0.348 e. The number of carbonyl (C=O) groups excluding carboxylic acids is 2. The van der Waals surface area contributed by atoms with E-state index in [-0.39, 0.29) is 11.8 Å². The number of aromatic nitrogens is 2. The SMILES string of the molecule is Cn1ccc(C(=O)Nc2cccc(-c3ccc4c(c3)CNC4=O)c2)n1. The van der Waals surface area contributed by atoms with E-state index in [0.29, 0.717) is 17.9 Å². The molecule has 2 amide bonds. The predicted molar refractivity (Wildman–Crippen MR) is 94.2 cm³/mol. The smallest absolute Gasteiger partial charge is 0.276 e. The second-order valence-electron chi connectivity index (χ2n) is 5.96. The minimum absolute atomic E-state index is 0.0297. The highest BCUT2D eigenvalue weighted by Crippen LogP contribution is 2.27. The van der Waals surface area contributed by atoms with Gasteiger partial charge in [-0.15, -0.1) is 0 Å². The topological polar surface area (TPSA) is 76.0 Å². The largest absolute Gasteiger partial charge is 0.348 e. The Balaban J connectivity index is 1.59. The maximum Gasteiger partial charge on any atom is 0.276 e. The number of benzene rings is 2. The molecule has 2 heterocycles. The molecule has 124 valence electrons. The highest BCUT2D eigenvalue weighted by Gasteiger charge is 2.18. The maximum absolute atomic E-state index is 12.2. The summed E-state index contributed by atoms with van der Waals surface area (Å²) in [6.07, 6.45) is 1.73. The summed E-state index contributed by atoms with van der Waals surface area (Å²) in [6.45, 7) is 0.554. The van der Waals surface area contributed by atoms with E-state index in [1.807, 2.05) is 42.5 Å². The number of hydrogen-bond donors (Lipinski definition) is 2. The monoisotopic (exact) mass is 332 g/mol. The first-order valence-electron chi connectivity index (χ1n) is 7.93. The zero-order chi connectivity index (χ0) is 17.4. The van der Waals surface area contributed by atoms with Crippen LogP contribution in [-0.4, -0.2) is 21.6 Å². The van der Waals surface area contributed by atoms with Gasteiger partial charge in [0.15, 0.2) is 5.69 Å². The van der Waals surface area contributed by atoms with E-state index < -0.39 is 0 Å². The van der Waals surface area contributed by atoms with Gasteiger partial charge in [-0.05, 0) is 47.0 Å². The summed E-state index contributed by atoms with van der Waals surface area (Å²) in [5, 5.41) is 9.78. The van der Waals surface area contributed by atoms with Crippen molar-refractivity contribution in [3.63, 3.8) is 0 Å². The molecule has 0 spiro atoms. The molecule has 0 aliphatic carbocycles. The van der Waals surface area contributed by atoms with Gasteiger partial charge in [0.1, 0.15) is 0 Å². The Kier molecular flexibility index (Phi) is 3.57. The molecule has 2 N–H and O–H groups in total. The Labute approximate surface area is 144 Å². The summed E-state index contributed by atoms with van der Waals surface area (Å²) in [5.74, 6) is -0.278. The van der Waals surface area contributed by atoms with Gasteiger partial charge in [0, 0.05) is 31.0 Å². The molecule has 25 heavy (non-hydrogen) atoms. The summed E-state index contributed by atoms with van der Waals surface area (Å²) in [6, 6.07) is 15.0. The van der Waals surface area contributed by atoms with Crippen LogP contribution in [0.1, 0.15) is 26.4 Å². The number of amides is 2. The van der Waals surface area contributed by atoms with Gasteiger partial charge in [-0.25, -0.2) is 0 Å². The molecule has 1 aromatic heterocycles. The molecule has 0 radical (unpaired) electrons. The molecule has 6 nitrogen and oxygen atoms in total. The molecule has 0 fully saturated rings. The summed E-state index contributed by atoms with van der Waals surface area (Å²) in [7, 11) is 1.77. The fraction of sp³-hybridized carbons (Fsp3) is 0.105. The van der Waals surface area contributed by atoms with Crippen molar-refractivity contribution in [1.82, 2.24) is 15.1 Å². The van der Waals surface area contributed by atoms with E-state index in [4.69, 9.17) is 0 Å². The van der Waals surface area contributed by atoms with Crippen molar-refractivity contribution in [1.29, 1.82) is 0 Å². The number of carbonyl (C=O) groups is 2. The highest BCUT2D eigenvalue weighted by molar-refractivity contribution is 6.03. The average molecular weight is 332 g/mol. The summed E-state index contributed by atoms with van der Waals surface area (Å²) in [5.41, 5.74) is 4.76. The zero-order valence-corrected chi connectivity index (χ0v) is 13.6. The van der Waals surface area contributed by atoms with E-state index >= 15 is 0 Å². The molecule has 3 aromatic rings. The fourth-order valence-corrected chi connectivity index (χ4v) is 2.92. The third-order valence-electron chi connectivity index (χ3n) is 4.19. The molecule has 0 saturated heterocycles. The maximum atomic E-state index is 12.2. The van der Waals surface area contributed by atoms with Crippen molar-refractivity contribution in [2.75, 3.05) is 5.32 Å². The lowest BCUT2D eigenvalue weighted by atomic mass is 10.00. The lowest BCUT2D eigenvalue weighted by Gasteiger charge is -2.08. The predicted octanol–water partition coefficient (Wildman–Crippen LogP) is 2.58. The number of nitrogens with zero attached hydrogens (tertiary/aromatic N) is 2. The third-order valence-corrected chi connectivity index (χ3v) is 4.19. The van der Waals surface area contributed by atoms with E-state index in [1.165, 1.54) is 0 Å². The fourth-order valence-electron chi connectivity index (χ4n) is 2.92. The van der Waals surface area contributed by atoms with Crippen LogP contribution in [0.25, 0.3) is 11.1 Å². The van der Waals surface area contributed by atoms with E-state index in [0.717, 1.165) is 22.3 Å². The number of aryl methyl sites for hydroxylation is 1. The Bertz CT molecular complexity index is 991. The van der Waals surface area contributed by atoms with Crippen molar-refractivity contribution in [2.24, 2.45) is 7.05 Å². The molecule has 0 bridgehead atoms. The molecule has 1 aliphatic rings. The van der Waals surface area contributed by atoms with Crippen LogP contribution in [0, 0.1) is 0 Å². The molecule has 1 aliphatic heterocycles. The van der Waals surface area contributed by atoms with Gasteiger partial charge in [0.05, 0.1) is 0 Å². The summed E-state index contributed by atoms with van der Waals surface area (Å²) < 4.78 is 1.59. The summed E-state index contributed by atoms with van der Waals surface area (Å²) in [4.78, 5) is 23.9. The van der Waals surface area contributed by atoms with Crippen LogP contribution in [0.5, 0.6) is 0 Å². The molecule has 2 aromatic carbocycles. The Morgan fingerprint density at radius 2 is 2.00 bits per heavy atom. The molecular formula is C19H16N4O2. The van der Waals surface area contributed by atoms with Crippen LogP contribution in [0.2, 0.25) is 0 Å². The number of anilines is 1. The average Bonchev–Trinajstić information content (AvgIpc) is 3.21. The quantitative estimate of drug-likeness (QED) is 0.774. The van der Waals surface area contributed by atoms with Crippen molar-refractivity contribution in [3.8, 4) is 11.1 Å². The number of nitrogens with one attached hydrogen (secondary N) is 2. The number of rotatable bonds is 3. The molecule has 0 atom stereocenters. The van der Waals surface area contributed by atoms with Gasteiger partial charge in [0.2, 0.25) is 0 Å². The third kappa shape index (κ3) is 2.89. The van der Waals surface area contributed by atoms with Crippen molar-refractivity contribution >= 4 is 17.5 Å². The number of hydrogen-bond acceptors (Lipinski definition) is 3. The minimum atomic E-state index is -0.249. The van der Waals surface area contributed by atoms with Crippen LogP contribution < -0.4 is 10.6 Å². The van der Waals surface area contributed by atoms with Crippen LogP contribution in [0.15, 0.2) is 54.7 Å². The van der Waals surface area contributed by atoms with Crippen molar-refractivity contribution < 1.29 is 9.59 Å². The standard InChI is InChI=1S/C19H16N4O2/c1-23-8-7-17(22-23)19(25)21-15-4-2-3-12(10-15)13-5-6-16-14(9-13)11-20-18(16)24/h2-10H,11H2,1H3,(H,20,24)(H,21,25). The Morgan fingerprint density at radius 1 is 1.16 bits per heavy atom. The molecular weight excluding hydrogens is 316 g/mol. The highest BCUT2D eigenvalue weighted by atomic mass is 16.2. The molecule has 0 unspecified atom stereocenters. The van der Waals surface area contributed by atoms with Gasteiger partial charge in [-0.1, -0.05) is 18.2 Å². The van der Waals surface area contributed by atoms with Gasteiger partial charge in [-0.3, -0.25) is 14.3 Å².